The SMILES string of the molecule is COc1ccc(CN(Cc2cc3cc(OC)c(OC)cc3[nH]c2=O)C(=S)Nc2ccccc2OC)cc1. The van der Waals surface area contributed by atoms with Crippen molar-refractivity contribution in [2.75, 3.05) is 33.8 Å². The fourth-order valence-electron chi connectivity index (χ4n) is 3.99. The van der Waals surface area contributed by atoms with Crippen molar-refractivity contribution in [3.05, 3.63) is 88.2 Å². The van der Waals surface area contributed by atoms with Crippen LogP contribution in [0, 0.1) is 0 Å². The highest BCUT2D eigenvalue weighted by Gasteiger charge is 2.17. The minimum absolute atomic E-state index is 0.209. The number of hydrogen-bond donors (Lipinski definition) is 2. The third-order valence-electron chi connectivity index (χ3n) is 5.95. The van der Waals surface area contributed by atoms with E-state index in [0.717, 1.165) is 22.4 Å². The molecule has 8 nitrogen and oxygen atoms in total. The first kappa shape index (κ1) is 25.8. The quantitative estimate of drug-likeness (QED) is 0.300. The maximum atomic E-state index is 13.1. The summed E-state index contributed by atoms with van der Waals surface area (Å²) in [4.78, 5) is 18.0. The average molecular weight is 520 g/mol. The molecule has 0 bridgehead atoms. The molecule has 0 unspecified atom stereocenters. The van der Waals surface area contributed by atoms with Crippen LogP contribution in [0.15, 0.2) is 71.5 Å². The number of para-hydroxylation sites is 2. The van der Waals surface area contributed by atoms with E-state index in [1.807, 2.05) is 65.6 Å². The molecule has 0 saturated carbocycles. The molecule has 0 atom stereocenters. The molecule has 37 heavy (non-hydrogen) atoms. The predicted octanol–water partition coefficient (Wildman–Crippen LogP) is 4.96. The van der Waals surface area contributed by atoms with Crippen LogP contribution in [0.3, 0.4) is 0 Å². The van der Waals surface area contributed by atoms with E-state index < -0.39 is 0 Å². The van der Waals surface area contributed by atoms with Gasteiger partial charge in [0.25, 0.3) is 5.56 Å². The molecule has 1 heterocycles. The molecule has 0 saturated heterocycles. The molecule has 0 radical (unpaired) electrons. The Hall–Kier alpha value is -4.24. The van der Waals surface area contributed by atoms with Crippen LogP contribution in [0.25, 0.3) is 10.9 Å². The van der Waals surface area contributed by atoms with Crippen molar-refractivity contribution in [1.82, 2.24) is 9.88 Å². The lowest BCUT2D eigenvalue weighted by Crippen LogP contribution is -2.35. The van der Waals surface area contributed by atoms with Crippen molar-refractivity contribution in [3.8, 4) is 23.0 Å². The van der Waals surface area contributed by atoms with E-state index in [0.29, 0.717) is 40.0 Å². The number of H-pyrrole nitrogens is 1. The number of nitrogens with zero attached hydrogens (tertiary/aromatic N) is 1. The number of thiocarbonyl (C=S) groups is 1. The Morgan fingerprint density at radius 1 is 0.838 bits per heavy atom. The number of methoxy groups -OCH3 is 4. The summed E-state index contributed by atoms with van der Waals surface area (Å²) in [5.41, 5.74) is 2.74. The van der Waals surface area contributed by atoms with Gasteiger partial charge in [0.2, 0.25) is 0 Å². The zero-order chi connectivity index (χ0) is 26.4. The molecule has 9 heteroatoms. The summed E-state index contributed by atoms with van der Waals surface area (Å²) in [6.07, 6.45) is 0. The number of aromatic nitrogens is 1. The van der Waals surface area contributed by atoms with Gasteiger partial charge in [0.05, 0.1) is 46.2 Å². The molecule has 1 aromatic heterocycles. The lowest BCUT2D eigenvalue weighted by molar-refractivity contribution is 0.355. The van der Waals surface area contributed by atoms with Gasteiger partial charge in [-0.05, 0) is 54.2 Å². The van der Waals surface area contributed by atoms with Crippen molar-refractivity contribution in [1.29, 1.82) is 0 Å². The second-order valence-corrected chi connectivity index (χ2v) is 8.64. The lowest BCUT2D eigenvalue weighted by Gasteiger charge is -2.26. The molecule has 192 valence electrons. The summed E-state index contributed by atoms with van der Waals surface area (Å²) in [5.74, 6) is 2.55. The Balaban J connectivity index is 1.69. The van der Waals surface area contributed by atoms with Crippen molar-refractivity contribution >= 4 is 33.9 Å². The number of benzene rings is 3. The van der Waals surface area contributed by atoms with Crippen LogP contribution in [0.1, 0.15) is 11.1 Å². The normalized spacial score (nSPS) is 10.6. The number of fused-ring (bicyclic) bond motifs is 1. The molecule has 0 aliphatic carbocycles. The molecule has 4 aromatic rings. The minimum Gasteiger partial charge on any atom is -0.497 e. The van der Waals surface area contributed by atoms with Crippen LogP contribution in [-0.4, -0.2) is 43.4 Å². The second kappa shape index (κ2) is 11.7. The Labute approximate surface area is 220 Å². The molecular formula is C28H29N3O5S. The smallest absolute Gasteiger partial charge is 0.253 e. The summed E-state index contributed by atoms with van der Waals surface area (Å²) in [7, 11) is 6.37. The topological polar surface area (TPSA) is 85.0 Å². The fraction of sp³-hybridized carbons (Fsp3) is 0.214. The maximum absolute atomic E-state index is 13.1. The van der Waals surface area contributed by atoms with E-state index in [1.165, 1.54) is 0 Å². The van der Waals surface area contributed by atoms with Gasteiger partial charge in [-0.2, -0.15) is 0 Å². The summed E-state index contributed by atoms with van der Waals surface area (Å²) < 4.78 is 21.6. The summed E-state index contributed by atoms with van der Waals surface area (Å²) in [5, 5.41) is 4.54. The maximum Gasteiger partial charge on any atom is 0.253 e. The van der Waals surface area contributed by atoms with E-state index in [-0.39, 0.29) is 12.1 Å². The first-order valence-corrected chi connectivity index (χ1v) is 12.0. The molecule has 4 rings (SSSR count). The monoisotopic (exact) mass is 519 g/mol. The largest absolute Gasteiger partial charge is 0.497 e. The summed E-state index contributed by atoms with van der Waals surface area (Å²) in [6, 6.07) is 20.7. The van der Waals surface area contributed by atoms with Crippen LogP contribution in [-0.2, 0) is 13.1 Å². The predicted molar refractivity (Wildman–Crippen MR) is 149 cm³/mol. The average Bonchev–Trinajstić information content (AvgIpc) is 2.92. The van der Waals surface area contributed by atoms with Gasteiger partial charge in [0.15, 0.2) is 16.6 Å². The summed E-state index contributed by atoms with van der Waals surface area (Å²) in [6.45, 7) is 0.737. The summed E-state index contributed by atoms with van der Waals surface area (Å²) >= 11 is 5.81. The van der Waals surface area contributed by atoms with Gasteiger partial charge < -0.3 is 34.1 Å². The molecule has 0 spiro atoms. The highest BCUT2D eigenvalue weighted by atomic mass is 32.1. The van der Waals surface area contributed by atoms with Crippen LogP contribution in [0.4, 0.5) is 5.69 Å². The highest BCUT2D eigenvalue weighted by Crippen LogP contribution is 2.31. The van der Waals surface area contributed by atoms with E-state index in [9.17, 15) is 4.79 Å². The number of nitrogens with one attached hydrogen (secondary N) is 2. The second-order valence-electron chi connectivity index (χ2n) is 8.25. The number of rotatable bonds is 9. The van der Waals surface area contributed by atoms with Gasteiger partial charge in [-0.1, -0.05) is 24.3 Å². The zero-order valence-corrected chi connectivity index (χ0v) is 22.0. The third-order valence-corrected chi connectivity index (χ3v) is 6.32. The molecule has 0 amide bonds. The van der Waals surface area contributed by atoms with E-state index in [4.69, 9.17) is 31.2 Å². The minimum atomic E-state index is -0.209. The Morgan fingerprint density at radius 2 is 1.51 bits per heavy atom. The Bertz CT molecular complexity index is 1450. The van der Waals surface area contributed by atoms with Crippen molar-refractivity contribution in [3.63, 3.8) is 0 Å². The molecule has 2 N–H and O–H groups in total. The number of aromatic amines is 1. The lowest BCUT2D eigenvalue weighted by atomic mass is 10.1. The molecule has 0 fully saturated rings. The Morgan fingerprint density at radius 3 is 2.19 bits per heavy atom. The molecule has 0 aliphatic rings. The number of ether oxygens (including phenoxy) is 4. The number of pyridine rings is 1. The molecule has 3 aromatic carbocycles. The van der Waals surface area contributed by atoms with Crippen molar-refractivity contribution in [2.24, 2.45) is 0 Å². The van der Waals surface area contributed by atoms with Gasteiger partial charge in [0, 0.05) is 23.6 Å². The highest BCUT2D eigenvalue weighted by molar-refractivity contribution is 7.80. The van der Waals surface area contributed by atoms with Gasteiger partial charge in [0.1, 0.15) is 11.5 Å². The van der Waals surface area contributed by atoms with Gasteiger partial charge in [-0.3, -0.25) is 4.79 Å². The zero-order valence-electron chi connectivity index (χ0n) is 21.2. The first-order chi connectivity index (χ1) is 17.9. The van der Waals surface area contributed by atoms with E-state index in [1.54, 1.807) is 34.5 Å². The van der Waals surface area contributed by atoms with Crippen LogP contribution in [0.2, 0.25) is 0 Å². The van der Waals surface area contributed by atoms with E-state index >= 15 is 0 Å². The Kier molecular flexibility index (Phi) is 8.15. The molecular weight excluding hydrogens is 490 g/mol. The van der Waals surface area contributed by atoms with Crippen molar-refractivity contribution in [2.45, 2.75) is 13.1 Å². The number of anilines is 1. The standard InChI is InChI=1S/C28H29N3O5S/c1-33-21-11-9-18(10-12-21)16-31(28(37)30-22-7-5-6-8-24(22)34-2)17-20-13-19-14-25(35-3)26(36-4)15-23(19)29-27(20)32/h5-15H,16-17H2,1-4H3,(H,29,32)(H,30,37). The van der Waals surface area contributed by atoms with Crippen molar-refractivity contribution < 1.29 is 18.9 Å². The van der Waals surface area contributed by atoms with Gasteiger partial charge in [-0.25, -0.2) is 0 Å². The van der Waals surface area contributed by atoms with Crippen LogP contribution >= 0.6 is 12.2 Å². The van der Waals surface area contributed by atoms with Gasteiger partial charge in [-0.15, -0.1) is 0 Å². The van der Waals surface area contributed by atoms with E-state index in [2.05, 4.69) is 10.3 Å². The first-order valence-electron chi connectivity index (χ1n) is 11.6. The molecule has 0 aliphatic heterocycles. The number of hydrogen-bond acceptors (Lipinski definition) is 6. The fourth-order valence-corrected chi connectivity index (χ4v) is 4.23. The third kappa shape index (κ3) is 5.95. The van der Waals surface area contributed by atoms with Crippen LogP contribution in [0.5, 0.6) is 23.0 Å². The van der Waals surface area contributed by atoms with Gasteiger partial charge >= 0.3 is 0 Å². The van der Waals surface area contributed by atoms with Crippen LogP contribution < -0.4 is 29.8 Å².